The van der Waals surface area contributed by atoms with Gasteiger partial charge in [0.15, 0.2) is 0 Å². The zero-order chi connectivity index (χ0) is 16.7. The van der Waals surface area contributed by atoms with Crippen molar-refractivity contribution in [2.24, 2.45) is 5.73 Å². The molecule has 23 heavy (non-hydrogen) atoms. The van der Waals surface area contributed by atoms with Crippen LogP contribution >= 0.6 is 0 Å². The molecule has 1 atom stereocenters. The first-order valence-corrected chi connectivity index (χ1v) is 7.48. The van der Waals surface area contributed by atoms with E-state index in [4.69, 9.17) is 15.2 Å². The van der Waals surface area contributed by atoms with Crippen LogP contribution in [0.15, 0.2) is 36.4 Å². The zero-order valence-corrected chi connectivity index (χ0v) is 13.2. The molecule has 0 saturated carbocycles. The highest BCUT2D eigenvalue weighted by atomic mass is 16.5. The summed E-state index contributed by atoms with van der Waals surface area (Å²) in [5.74, 6) is -0.599. The third-order valence-electron chi connectivity index (χ3n) is 3.68. The van der Waals surface area contributed by atoms with Crippen LogP contribution in [0.5, 0.6) is 0 Å². The number of hydrogen-bond donors (Lipinski definition) is 1. The highest BCUT2D eigenvalue weighted by Crippen LogP contribution is 2.23. The van der Waals surface area contributed by atoms with E-state index < -0.39 is 11.5 Å². The molecule has 1 aromatic rings. The van der Waals surface area contributed by atoms with Crippen molar-refractivity contribution < 1.29 is 19.1 Å². The van der Waals surface area contributed by atoms with Crippen LogP contribution in [-0.4, -0.2) is 55.7 Å². The van der Waals surface area contributed by atoms with Crippen molar-refractivity contribution in [1.82, 2.24) is 4.90 Å². The molecular weight excluding hydrogens is 296 g/mol. The Hall–Kier alpha value is -2.18. The third kappa shape index (κ3) is 4.91. The Balaban J connectivity index is 2.05. The summed E-state index contributed by atoms with van der Waals surface area (Å²) in [5.41, 5.74) is 5.39. The number of rotatable bonds is 6. The molecular formula is C17H22N2O4. The smallest absolute Gasteiger partial charge is 0.246 e. The summed E-state index contributed by atoms with van der Waals surface area (Å²) < 4.78 is 10.9. The summed E-state index contributed by atoms with van der Waals surface area (Å²) in [6.45, 7) is 1.31. The molecule has 0 unspecified atom stereocenters. The van der Waals surface area contributed by atoms with Crippen molar-refractivity contribution in [3.05, 3.63) is 42.0 Å². The molecule has 2 amide bonds. The minimum absolute atomic E-state index is 0.0209. The van der Waals surface area contributed by atoms with Gasteiger partial charge in [0.2, 0.25) is 11.8 Å². The van der Waals surface area contributed by atoms with Gasteiger partial charge in [-0.1, -0.05) is 30.3 Å². The van der Waals surface area contributed by atoms with Crippen LogP contribution in [0.25, 0.3) is 6.08 Å². The molecule has 6 nitrogen and oxygen atoms in total. The Labute approximate surface area is 135 Å². The summed E-state index contributed by atoms with van der Waals surface area (Å²) in [5, 5.41) is 0. The maximum absolute atomic E-state index is 12.4. The van der Waals surface area contributed by atoms with Crippen LogP contribution in [0.4, 0.5) is 0 Å². The predicted molar refractivity (Wildman–Crippen MR) is 86.4 cm³/mol. The number of carbonyl (C=O) groups is 2. The molecule has 0 bridgehead atoms. The molecule has 1 heterocycles. The van der Waals surface area contributed by atoms with Crippen LogP contribution in [0.2, 0.25) is 0 Å². The van der Waals surface area contributed by atoms with Crippen molar-refractivity contribution >= 4 is 17.9 Å². The average Bonchev–Trinajstić information content (AvgIpc) is 2.53. The van der Waals surface area contributed by atoms with Gasteiger partial charge >= 0.3 is 0 Å². The largest absolute Gasteiger partial charge is 0.382 e. The molecule has 0 aromatic heterocycles. The minimum Gasteiger partial charge on any atom is -0.382 e. The van der Waals surface area contributed by atoms with E-state index in [0.717, 1.165) is 5.56 Å². The van der Waals surface area contributed by atoms with Crippen molar-refractivity contribution in [2.45, 2.75) is 12.0 Å². The van der Waals surface area contributed by atoms with Crippen LogP contribution < -0.4 is 5.73 Å². The summed E-state index contributed by atoms with van der Waals surface area (Å²) in [6, 6.07) is 9.59. The number of primary amides is 1. The van der Waals surface area contributed by atoms with Crippen LogP contribution in [-0.2, 0) is 19.1 Å². The fourth-order valence-corrected chi connectivity index (χ4v) is 2.70. The molecule has 124 valence electrons. The van der Waals surface area contributed by atoms with E-state index in [2.05, 4.69) is 0 Å². The van der Waals surface area contributed by atoms with Crippen molar-refractivity contribution in [3.8, 4) is 0 Å². The summed E-state index contributed by atoms with van der Waals surface area (Å²) in [4.78, 5) is 25.3. The molecule has 1 aliphatic rings. The van der Waals surface area contributed by atoms with Gasteiger partial charge in [-0.05, 0) is 11.6 Å². The highest BCUT2D eigenvalue weighted by Gasteiger charge is 2.39. The Bertz CT molecular complexity index is 569. The second kappa shape index (κ2) is 7.89. The van der Waals surface area contributed by atoms with Gasteiger partial charge in [0.25, 0.3) is 0 Å². The molecule has 1 aliphatic heterocycles. The molecule has 1 fully saturated rings. The number of benzene rings is 1. The van der Waals surface area contributed by atoms with E-state index in [-0.39, 0.29) is 25.5 Å². The van der Waals surface area contributed by atoms with Gasteiger partial charge in [0.05, 0.1) is 26.2 Å². The highest BCUT2D eigenvalue weighted by molar-refractivity contribution is 5.92. The SMILES string of the molecule is COC[C@@]1(CC(N)=O)CN(C(=O)/C=C/c2ccccc2)CCO1. The predicted octanol–water partition coefficient (Wildman–Crippen LogP) is 0.819. The quantitative estimate of drug-likeness (QED) is 0.787. The molecule has 2 rings (SSSR count). The number of nitrogens with zero attached hydrogens (tertiary/aromatic N) is 1. The maximum Gasteiger partial charge on any atom is 0.246 e. The van der Waals surface area contributed by atoms with E-state index >= 15 is 0 Å². The Morgan fingerprint density at radius 3 is 2.78 bits per heavy atom. The van der Waals surface area contributed by atoms with Gasteiger partial charge in [-0.25, -0.2) is 0 Å². The van der Waals surface area contributed by atoms with E-state index in [1.807, 2.05) is 30.3 Å². The second-order valence-corrected chi connectivity index (χ2v) is 5.61. The first kappa shape index (κ1) is 17.2. The minimum atomic E-state index is -0.866. The monoisotopic (exact) mass is 318 g/mol. The number of amides is 2. The van der Waals surface area contributed by atoms with Gasteiger partial charge in [-0.2, -0.15) is 0 Å². The first-order valence-electron chi connectivity index (χ1n) is 7.48. The van der Waals surface area contributed by atoms with E-state index in [9.17, 15) is 9.59 Å². The van der Waals surface area contributed by atoms with Gasteiger partial charge in [0.1, 0.15) is 5.60 Å². The third-order valence-corrected chi connectivity index (χ3v) is 3.68. The van der Waals surface area contributed by atoms with Crippen LogP contribution in [0.1, 0.15) is 12.0 Å². The topological polar surface area (TPSA) is 81.9 Å². The molecule has 0 aliphatic carbocycles. The van der Waals surface area contributed by atoms with Crippen molar-refractivity contribution in [3.63, 3.8) is 0 Å². The first-order chi connectivity index (χ1) is 11.0. The number of carbonyl (C=O) groups excluding carboxylic acids is 2. The Kier molecular flexibility index (Phi) is 5.90. The van der Waals surface area contributed by atoms with E-state index in [1.165, 1.54) is 13.2 Å². The zero-order valence-electron chi connectivity index (χ0n) is 13.2. The fraction of sp³-hybridized carbons (Fsp3) is 0.412. The normalized spacial score (nSPS) is 21.5. The standard InChI is InChI=1S/C17H22N2O4/c1-22-13-17(11-15(18)20)12-19(9-10-23-17)16(21)8-7-14-5-3-2-4-6-14/h2-8H,9-13H2,1H3,(H2,18,20)/b8-7+/t17-/m1/s1. The van der Waals surface area contributed by atoms with Gasteiger partial charge in [0, 0.05) is 19.7 Å². The lowest BCUT2D eigenvalue weighted by Gasteiger charge is -2.41. The summed E-state index contributed by atoms with van der Waals surface area (Å²) >= 11 is 0. The second-order valence-electron chi connectivity index (χ2n) is 5.61. The van der Waals surface area contributed by atoms with Gasteiger partial charge < -0.3 is 20.1 Å². The van der Waals surface area contributed by atoms with Gasteiger partial charge in [-0.3, -0.25) is 9.59 Å². The van der Waals surface area contributed by atoms with Gasteiger partial charge in [-0.15, -0.1) is 0 Å². The molecule has 2 N–H and O–H groups in total. The fourth-order valence-electron chi connectivity index (χ4n) is 2.70. The Morgan fingerprint density at radius 2 is 2.13 bits per heavy atom. The lowest BCUT2D eigenvalue weighted by atomic mass is 9.97. The van der Waals surface area contributed by atoms with E-state index in [1.54, 1.807) is 11.0 Å². The molecule has 6 heteroatoms. The molecule has 1 saturated heterocycles. The average molecular weight is 318 g/mol. The maximum atomic E-state index is 12.4. The molecule has 0 spiro atoms. The van der Waals surface area contributed by atoms with Crippen molar-refractivity contribution in [1.29, 1.82) is 0 Å². The molecule has 0 radical (unpaired) electrons. The Morgan fingerprint density at radius 1 is 1.39 bits per heavy atom. The number of methoxy groups -OCH3 is 1. The van der Waals surface area contributed by atoms with Crippen LogP contribution in [0, 0.1) is 0 Å². The lowest BCUT2D eigenvalue weighted by Crippen LogP contribution is -2.57. The van der Waals surface area contributed by atoms with Crippen LogP contribution in [0.3, 0.4) is 0 Å². The number of hydrogen-bond acceptors (Lipinski definition) is 4. The summed E-state index contributed by atoms with van der Waals surface area (Å²) in [6.07, 6.45) is 3.32. The lowest BCUT2D eigenvalue weighted by molar-refractivity contribution is -0.163. The summed E-state index contributed by atoms with van der Waals surface area (Å²) in [7, 11) is 1.53. The number of nitrogens with two attached hydrogens (primary N) is 1. The number of morpholine rings is 1. The number of ether oxygens (including phenoxy) is 2. The molecule has 1 aromatic carbocycles. The van der Waals surface area contributed by atoms with Crippen molar-refractivity contribution in [2.75, 3.05) is 33.4 Å². The van der Waals surface area contributed by atoms with E-state index in [0.29, 0.717) is 13.2 Å².